The molecule has 1 aliphatic carbocycles. The first-order valence-corrected chi connectivity index (χ1v) is 4.03. The molecule has 0 bridgehead atoms. The van der Waals surface area contributed by atoms with E-state index in [1.54, 1.807) is 11.3 Å². The van der Waals surface area contributed by atoms with E-state index in [2.05, 4.69) is 0 Å². The minimum absolute atomic E-state index is 0.0255. The fraction of sp³-hybridized carbons (Fsp3) is 0.286. The molecule has 0 radical (unpaired) electrons. The second-order valence-electron chi connectivity index (χ2n) is 2.43. The zero-order valence-corrected chi connectivity index (χ0v) is 6.15. The first-order valence-electron chi connectivity index (χ1n) is 3.15. The number of Topliss-reactive ketones (excluding diaryl/α,β-unsaturated/α-hetero) is 1. The summed E-state index contributed by atoms with van der Waals surface area (Å²) in [5.41, 5.74) is 6.52. The van der Waals surface area contributed by atoms with Crippen molar-refractivity contribution in [3.8, 4) is 0 Å². The van der Waals surface area contributed by atoms with Crippen LogP contribution in [0, 0.1) is 0 Å². The molecular weight excluding hydrogens is 146 g/mol. The largest absolute Gasteiger partial charge is 0.323 e. The van der Waals surface area contributed by atoms with Crippen LogP contribution in [0.3, 0.4) is 0 Å². The lowest BCUT2D eigenvalue weighted by Crippen LogP contribution is -2.04. The number of carbonyl (C=O) groups excluding carboxylic acids is 1. The van der Waals surface area contributed by atoms with Gasteiger partial charge in [-0.2, -0.15) is 0 Å². The first-order chi connectivity index (χ1) is 4.79. The molecule has 0 fully saturated rings. The molecule has 0 saturated heterocycles. The second-order valence-corrected chi connectivity index (χ2v) is 3.38. The summed E-state index contributed by atoms with van der Waals surface area (Å²) in [5, 5.41) is 1.92. The highest BCUT2D eigenvalue weighted by Crippen LogP contribution is 2.33. The lowest BCUT2D eigenvalue weighted by Gasteiger charge is -1.95. The van der Waals surface area contributed by atoms with Crippen LogP contribution < -0.4 is 5.73 Å². The zero-order valence-electron chi connectivity index (χ0n) is 5.33. The molecule has 0 saturated carbocycles. The number of rotatable bonds is 0. The number of hydrogen-bond donors (Lipinski definition) is 1. The van der Waals surface area contributed by atoms with Crippen molar-refractivity contribution in [2.45, 2.75) is 12.5 Å². The Bertz CT molecular complexity index is 279. The zero-order chi connectivity index (χ0) is 7.14. The quantitative estimate of drug-likeness (QED) is 0.611. The third kappa shape index (κ3) is 0.646. The molecule has 1 aromatic heterocycles. The van der Waals surface area contributed by atoms with Crippen LogP contribution in [0.1, 0.15) is 27.7 Å². The van der Waals surface area contributed by atoms with Crippen LogP contribution in [-0.2, 0) is 0 Å². The van der Waals surface area contributed by atoms with E-state index in [9.17, 15) is 4.79 Å². The summed E-state index contributed by atoms with van der Waals surface area (Å²) in [5.74, 6) is 0.198. The van der Waals surface area contributed by atoms with Crippen LogP contribution in [0.15, 0.2) is 11.4 Å². The lowest BCUT2D eigenvalue weighted by atomic mass is 10.2. The number of fused-ring (bicyclic) bond motifs is 1. The summed E-state index contributed by atoms with van der Waals surface area (Å²) in [4.78, 5) is 12.1. The van der Waals surface area contributed by atoms with Crippen LogP contribution in [-0.4, -0.2) is 5.78 Å². The van der Waals surface area contributed by atoms with E-state index in [-0.39, 0.29) is 11.8 Å². The molecule has 3 heteroatoms. The molecule has 2 N–H and O–H groups in total. The number of thiophene rings is 1. The van der Waals surface area contributed by atoms with Crippen molar-refractivity contribution in [1.82, 2.24) is 0 Å². The van der Waals surface area contributed by atoms with Gasteiger partial charge in [0.2, 0.25) is 0 Å². The molecule has 2 nitrogen and oxygen atoms in total. The minimum atomic E-state index is -0.0255. The molecular formula is C7H7NOS. The van der Waals surface area contributed by atoms with Crippen molar-refractivity contribution in [2.75, 3.05) is 0 Å². The Morgan fingerprint density at radius 2 is 2.50 bits per heavy atom. The molecule has 1 aromatic rings. The Morgan fingerprint density at radius 3 is 3.20 bits per heavy atom. The van der Waals surface area contributed by atoms with E-state index in [4.69, 9.17) is 5.73 Å². The third-order valence-electron chi connectivity index (χ3n) is 1.74. The van der Waals surface area contributed by atoms with E-state index in [1.165, 1.54) is 0 Å². The first kappa shape index (κ1) is 6.07. The molecule has 52 valence electrons. The van der Waals surface area contributed by atoms with Gasteiger partial charge in [0.15, 0.2) is 5.78 Å². The minimum Gasteiger partial charge on any atom is -0.323 e. The normalized spacial score (nSPS) is 23.3. The average molecular weight is 153 g/mol. The summed E-state index contributed by atoms with van der Waals surface area (Å²) < 4.78 is 0. The highest BCUT2D eigenvalue weighted by atomic mass is 32.1. The Balaban J connectivity index is 2.58. The number of carbonyl (C=O) groups is 1. The molecule has 1 aliphatic rings. The molecule has 0 spiro atoms. The summed E-state index contributed by atoms with van der Waals surface area (Å²) in [6.07, 6.45) is 0.502. The maximum atomic E-state index is 11.1. The molecule has 0 amide bonds. The molecule has 0 aromatic carbocycles. The molecule has 1 atom stereocenters. The fourth-order valence-electron chi connectivity index (χ4n) is 1.24. The smallest absolute Gasteiger partial charge is 0.165 e. The summed E-state index contributed by atoms with van der Waals surface area (Å²) in [7, 11) is 0. The molecule has 1 heterocycles. The number of nitrogens with two attached hydrogens (primary N) is 1. The average Bonchev–Trinajstić information content (AvgIpc) is 2.39. The predicted octanol–water partition coefficient (Wildman–Crippen LogP) is 1.33. The fourth-order valence-corrected chi connectivity index (χ4v) is 2.16. The van der Waals surface area contributed by atoms with Gasteiger partial charge in [-0.3, -0.25) is 4.79 Å². The van der Waals surface area contributed by atoms with Crippen molar-refractivity contribution in [3.63, 3.8) is 0 Å². The van der Waals surface area contributed by atoms with E-state index in [1.807, 2.05) is 11.4 Å². The van der Waals surface area contributed by atoms with E-state index in [0.717, 1.165) is 10.4 Å². The molecule has 10 heavy (non-hydrogen) atoms. The van der Waals surface area contributed by atoms with Gasteiger partial charge in [0.1, 0.15) is 0 Å². The van der Waals surface area contributed by atoms with Crippen molar-refractivity contribution in [3.05, 3.63) is 21.9 Å². The maximum Gasteiger partial charge on any atom is 0.165 e. The summed E-state index contributed by atoms with van der Waals surface area (Å²) in [6.45, 7) is 0. The molecule has 2 rings (SSSR count). The standard InChI is InChI=1S/C7H7NOS/c8-5-3-6(9)4-1-2-10-7(4)5/h1-2,5H,3,8H2/t5-/m1/s1. The SMILES string of the molecule is N[C@@H]1CC(=O)c2ccsc21. The van der Waals surface area contributed by atoms with Gasteiger partial charge in [-0.25, -0.2) is 0 Å². The predicted molar refractivity (Wildman–Crippen MR) is 40.2 cm³/mol. The molecule has 0 aliphatic heterocycles. The Kier molecular flexibility index (Phi) is 1.16. The van der Waals surface area contributed by atoms with Gasteiger partial charge in [-0.05, 0) is 11.4 Å². The van der Waals surface area contributed by atoms with Gasteiger partial charge in [-0.15, -0.1) is 11.3 Å². The topological polar surface area (TPSA) is 43.1 Å². The highest BCUT2D eigenvalue weighted by Gasteiger charge is 2.27. The van der Waals surface area contributed by atoms with Crippen LogP contribution >= 0.6 is 11.3 Å². The summed E-state index contributed by atoms with van der Waals surface area (Å²) in [6, 6.07) is 1.83. The number of hydrogen-bond acceptors (Lipinski definition) is 3. The van der Waals surface area contributed by atoms with Crippen LogP contribution in [0.5, 0.6) is 0 Å². The number of ketones is 1. The highest BCUT2D eigenvalue weighted by molar-refractivity contribution is 7.10. The van der Waals surface area contributed by atoms with Crippen molar-refractivity contribution in [2.24, 2.45) is 5.73 Å². The Labute approximate surface area is 62.7 Å². The maximum absolute atomic E-state index is 11.1. The van der Waals surface area contributed by atoms with Crippen LogP contribution in [0.25, 0.3) is 0 Å². The van der Waals surface area contributed by atoms with Gasteiger partial charge >= 0.3 is 0 Å². The van der Waals surface area contributed by atoms with Gasteiger partial charge < -0.3 is 5.73 Å². The third-order valence-corrected chi connectivity index (χ3v) is 2.79. The van der Waals surface area contributed by atoms with Gasteiger partial charge in [-0.1, -0.05) is 0 Å². The van der Waals surface area contributed by atoms with Crippen molar-refractivity contribution < 1.29 is 4.79 Å². The molecule has 0 unspecified atom stereocenters. The van der Waals surface area contributed by atoms with Gasteiger partial charge in [0, 0.05) is 22.9 Å². The van der Waals surface area contributed by atoms with Crippen LogP contribution in [0.4, 0.5) is 0 Å². The van der Waals surface area contributed by atoms with Gasteiger partial charge in [0.25, 0.3) is 0 Å². The lowest BCUT2D eigenvalue weighted by molar-refractivity contribution is 0.0989. The Hall–Kier alpha value is -0.670. The van der Waals surface area contributed by atoms with Crippen molar-refractivity contribution >= 4 is 17.1 Å². The van der Waals surface area contributed by atoms with Crippen LogP contribution in [0.2, 0.25) is 0 Å². The summed E-state index contributed by atoms with van der Waals surface area (Å²) >= 11 is 1.58. The monoisotopic (exact) mass is 153 g/mol. The van der Waals surface area contributed by atoms with E-state index < -0.39 is 0 Å². The Morgan fingerprint density at radius 1 is 1.70 bits per heavy atom. The second kappa shape index (κ2) is 1.90. The van der Waals surface area contributed by atoms with Gasteiger partial charge in [0.05, 0.1) is 0 Å². The van der Waals surface area contributed by atoms with E-state index >= 15 is 0 Å². The van der Waals surface area contributed by atoms with E-state index in [0.29, 0.717) is 6.42 Å². The van der Waals surface area contributed by atoms with Crippen molar-refractivity contribution in [1.29, 1.82) is 0 Å².